The van der Waals surface area contributed by atoms with Gasteiger partial charge in [0.05, 0.1) is 0 Å². The topological polar surface area (TPSA) is 32.3 Å². The number of likely N-dealkylation sites (N-methyl/N-ethyl adjacent to an activating group) is 1. The van der Waals surface area contributed by atoms with E-state index in [4.69, 9.17) is 0 Å². The molecule has 1 aliphatic carbocycles. The van der Waals surface area contributed by atoms with Crippen molar-refractivity contribution in [3.63, 3.8) is 0 Å². The highest BCUT2D eigenvalue weighted by atomic mass is 16.2. The van der Waals surface area contributed by atoms with Gasteiger partial charge in [0.2, 0.25) is 5.91 Å². The van der Waals surface area contributed by atoms with E-state index in [-0.39, 0.29) is 11.9 Å². The molecule has 0 spiro atoms. The summed E-state index contributed by atoms with van der Waals surface area (Å²) in [7, 11) is 0. The average molecular weight is 274 g/mol. The second-order valence-electron chi connectivity index (χ2n) is 5.52. The number of nitrogens with zero attached hydrogens (tertiary/aromatic N) is 1. The highest BCUT2D eigenvalue weighted by molar-refractivity contribution is 5.83. The van der Waals surface area contributed by atoms with Gasteiger partial charge >= 0.3 is 0 Å². The van der Waals surface area contributed by atoms with Crippen molar-refractivity contribution in [3.8, 4) is 0 Å². The van der Waals surface area contributed by atoms with Gasteiger partial charge in [-0.2, -0.15) is 0 Å². The van der Waals surface area contributed by atoms with Gasteiger partial charge in [-0.15, -0.1) is 0 Å². The van der Waals surface area contributed by atoms with Crippen molar-refractivity contribution in [2.24, 2.45) is 0 Å². The Morgan fingerprint density at radius 2 is 1.80 bits per heavy atom. The minimum atomic E-state index is -0.160. The molecule has 110 valence electrons. The lowest BCUT2D eigenvalue weighted by molar-refractivity contribution is -0.127. The quantitative estimate of drug-likeness (QED) is 0.864. The third-order valence-corrected chi connectivity index (χ3v) is 4.24. The Kier molecular flexibility index (Phi) is 5.60. The molecule has 0 aliphatic heterocycles. The summed E-state index contributed by atoms with van der Waals surface area (Å²) in [6, 6.07) is 10.3. The highest BCUT2D eigenvalue weighted by Gasteiger charge is 2.28. The SMILES string of the molecule is CCN(CC)C(C(=O)NC1CCCC1)c1ccccc1. The number of carbonyl (C=O) groups is 1. The third kappa shape index (κ3) is 3.60. The zero-order valence-electron chi connectivity index (χ0n) is 12.6. The maximum absolute atomic E-state index is 12.7. The number of nitrogens with one attached hydrogen (secondary N) is 1. The average Bonchev–Trinajstić information content (AvgIpc) is 2.98. The molecule has 0 heterocycles. The van der Waals surface area contributed by atoms with Gasteiger partial charge in [-0.1, -0.05) is 57.0 Å². The fourth-order valence-electron chi connectivity index (χ4n) is 3.10. The van der Waals surface area contributed by atoms with Crippen molar-refractivity contribution in [1.82, 2.24) is 10.2 Å². The minimum absolute atomic E-state index is 0.159. The summed E-state index contributed by atoms with van der Waals surface area (Å²) >= 11 is 0. The van der Waals surface area contributed by atoms with Crippen LogP contribution in [0.5, 0.6) is 0 Å². The predicted molar refractivity (Wildman–Crippen MR) is 82.5 cm³/mol. The molecule has 1 unspecified atom stereocenters. The van der Waals surface area contributed by atoms with Gasteiger partial charge in [-0.3, -0.25) is 9.69 Å². The molecule has 1 aromatic rings. The lowest BCUT2D eigenvalue weighted by Gasteiger charge is -2.30. The Hall–Kier alpha value is -1.35. The molecule has 20 heavy (non-hydrogen) atoms. The molecule has 1 saturated carbocycles. The summed E-state index contributed by atoms with van der Waals surface area (Å²) in [5.41, 5.74) is 1.09. The Balaban J connectivity index is 2.14. The smallest absolute Gasteiger partial charge is 0.242 e. The van der Waals surface area contributed by atoms with E-state index in [0.717, 1.165) is 31.5 Å². The van der Waals surface area contributed by atoms with Gasteiger partial charge in [0.25, 0.3) is 0 Å². The second kappa shape index (κ2) is 7.44. The van der Waals surface area contributed by atoms with Gasteiger partial charge in [0, 0.05) is 6.04 Å². The number of hydrogen-bond donors (Lipinski definition) is 1. The number of rotatable bonds is 6. The van der Waals surface area contributed by atoms with Crippen LogP contribution < -0.4 is 5.32 Å². The van der Waals surface area contributed by atoms with E-state index in [2.05, 4.69) is 36.2 Å². The summed E-state index contributed by atoms with van der Waals surface area (Å²) in [6.07, 6.45) is 4.75. The van der Waals surface area contributed by atoms with Crippen molar-refractivity contribution in [3.05, 3.63) is 35.9 Å². The fourth-order valence-corrected chi connectivity index (χ4v) is 3.10. The van der Waals surface area contributed by atoms with Crippen molar-refractivity contribution in [1.29, 1.82) is 0 Å². The van der Waals surface area contributed by atoms with E-state index < -0.39 is 0 Å². The van der Waals surface area contributed by atoms with Crippen LogP contribution in [0, 0.1) is 0 Å². The number of carbonyl (C=O) groups excluding carboxylic acids is 1. The molecule has 0 bridgehead atoms. The molecule has 1 aromatic carbocycles. The van der Waals surface area contributed by atoms with Crippen molar-refractivity contribution >= 4 is 5.91 Å². The molecule has 0 radical (unpaired) electrons. The molecule has 1 aliphatic rings. The molecule has 1 N–H and O–H groups in total. The Morgan fingerprint density at radius 3 is 2.35 bits per heavy atom. The molecule has 1 fully saturated rings. The normalized spacial score (nSPS) is 17.4. The summed E-state index contributed by atoms with van der Waals surface area (Å²) in [5.74, 6) is 0.159. The molecular weight excluding hydrogens is 248 g/mol. The molecule has 3 nitrogen and oxygen atoms in total. The number of benzene rings is 1. The Bertz CT molecular complexity index is 408. The van der Waals surface area contributed by atoms with Gasteiger partial charge in [-0.25, -0.2) is 0 Å². The third-order valence-electron chi connectivity index (χ3n) is 4.24. The van der Waals surface area contributed by atoms with E-state index in [9.17, 15) is 4.79 Å². The molecule has 1 amide bonds. The first-order chi connectivity index (χ1) is 9.76. The monoisotopic (exact) mass is 274 g/mol. The summed E-state index contributed by atoms with van der Waals surface area (Å²) in [6.45, 7) is 5.99. The van der Waals surface area contributed by atoms with Crippen LogP contribution in [-0.2, 0) is 4.79 Å². The first kappa shape index (κ1) is 15.0. The molecular formula is C17H26N2O. The lowest BCUT2D eigenvalue weighted by atomic mass is 10.0. The van der Waals surface area contributed by atoms with Crippen LogP contribution in [0.25, 0.3) is 0 Å². The van der Waals surface area contributed by atoms with E-state index in [1.807, 2.05) is 18.2 Å². The molecule has 1 atom stereocenters. The van der Waals surface area contributed by atoms with Gasteiger partial charge in [-0.05, 0) is 31.5 Å². The van der Waals surface area contributed by atoms with E-state index in [1.165, 1.54) is 12.8 Å². The largest absolute Gasteiger partial charge is 0.352 e. The number of hydrogen-bond acceptors (Lipinski definition) is 2. The Morgan fingerprint density at radius 1 is 1.20 bits per heavy atom. The van der Waals surface area contributed by atoms with E-state index in [1.54, 1.807) is 0 Å². The first-order valence-electron chi connectivity index (χ1n) is 7.85. The van der Waals surface area contributed by atoms with Crippen LogP contribution in [0.1, 0.15) is 51.1 Å². The molecule has 0 aromatic heterocycles. The van der Waals surface area contributed by atoms with Gasteiger partial charge < -0.3 is 5.32 Å². The fraction of sp³-hybridized carbons (Fsp3) is 0.588. The second-order valence-corrected chi connectivity index (χ2v) is 5.52. The molecule has 3 heteroatoms. The van der Waals surface area contributed by atoms with Crippen LogP contribution in [-0.4, -0.2) is 29.9 Å². The van der Waals surface area contributed by atoms with Crippen LogP contribution in [0.4, 0.5) is 0 Å². The van der Waals surface area contributed by atoms with Gasteiger partial charge in [0.15, 0.2) is 0 Å². The first-order valence-corrected chi connectivity index (χ1v) is 7.85. The van der Waals surface area contributed by atoms with Crippen LogP contribution in [0.2, 0.25) is 0 Å². The standard InChI is InChI=1S/C17H26N2O/c1-3-19(4-2)16(14-10-6-5-7-11-14)17(20)18-15-12-8-9-13-15/h5-7,10-11,15-16H,3-4,8-9,12-13H2,1-2H3,(H,18,20). The van der Waals surface area contributed by atoms with E-state index >= 15 is 0 Å². The van der Waals surface area contributed by atoms with Crippen LogP contribution >= 0.6 is 0 Å². The van der Waals surface area contributed by atoms with Crippen LogP contribution in [0.3, 0.4) is 0 Å². The van der Waals surface area contributed by atoms with Crippen molar-refractivity contribution < 1.29 is 4.79 Å². The predicted octanol–water partition coefficient (Wildman–Crippen LogP) is 3.13. The highest BCUT2D eigenvalue weighted by Crippen LogP contribution is 2.23. The zero-order chi connectivity index (χ0) is 14.4. The summed E-state index contributed by atoms with van der Waals surface area (Å²) < 4.78 is 0. The molecule has 0 saturated heterocycles. The maximum Gasteiger partial charge on any atom is 0.242 e. The van der Waals surface area contributed by atoms with Crippen molar-refractivity contribution in [2.75, 3.05) is 13.1 Å². The van der Waals surface area contributed by atoms with Crippen molar-refractivity contribution in [2.45, 2.75) is 51.6 Å². The summed E-state index contributed by atoms with van der Waals surface area (Å²) in [5, 5.41) is 3.25. The number of amides is 1. The molecule has 2 rings (SSSR count). The maximum atomic E-state index is 12.7. The lowest BCUT2D eigenvalue weighted by Crippen LogP contribution is -2.43. The van der Waals surface area contributed by atoms with Crippen LogP contribution in [0.15, 0.2) is 30.3 Å². The Labute approximate surface area is 122 Å². The minimum Gasteiger partial charge on any atom is -0.352 e. The van der Waals surface area contributed by atoms with Gasteiger partial charge in [0.1, 0.15) is 6.04 Å². The summed E-state index contributed by atoms with van der Waals surface area (Å²) in [4.78, 5) is 14.9. The van der Waals surface area contributed by atoms with E-state index in [0.29, 0.717) is 6.04 Å². The zero-order valence-corrected chi connectivity index (χ0v) is 12.6.